The highest BCUT2D eigenvalue weighted by atomic mass is 79.9. The molecule has 0 atom stereocenters. The predicted octanol–water partition coefficient (Wildman–Crippen LogP) is 3.94. The van der Waals surface area contributed by atoms with Gasteiger partial charge in [-0.05, 0) is 37.9 Å². The zero-order valence-electron chi connectivity index (χ0n) is 6.06. The maximum absolute atomic E-state index is 5.56. The average Bonchev–Trinajstić information content (AvgIpc) is 2.03. The van der Waals surface area contributed by atoms with E-state index in [2.05, 4.69) is 36.8 Å². The zero-order chi connectivity index (χ0) is 8.97. The fraction of sp³-hybridized carbons (Fsp3) is 0.286. The number of aromatic nitrogens is 1. The SMILES string of the molecule is ClCCSc1ncc(Br)cc1Br. The van der Waals surface area contributed by atoms with Gasteiger partial charge < -0.3 is 0 Å². The van der Waals surface area contributed by atoms with Crippen molar-refractivity contribution in [1.82, 2.24) is 4.98 Å². The summed E-state index contributed by atoms with van der Waals surface area (Å²) in [6.07, 6.45) is 1.78. The van der Waals surface area contributed by atoms with Gasteiger partial charge in [-0.1, -0.05) is 0 Å². The second kappa shape index (κ2) is 5.47. The molecule has 0 fully saturated rings. The Morgan fingerprint density at radius 3 is 2.83 bits per heavy atom. The molecule has 0 radical (unpaired) electrons. The summed E-state index contributed by atoms with van der Waals surface area (Å²) in [6.45, 7) is 0. The van der Waals surface area contributed by atoms with Crippen LogP contribution in [0.4, 0.5) is 0 Å². The van der Waals surface area contributed by atoms with Crippen LogP contribution in [-0.4, -0.2) is 16.6 Å². The van der Waals surface area contributed by atoms with Crippen LogP contribution in [0.2, 0.25) is 0 Å². The Hall–Kier alpha value is 0.750. The lowest BCUT2D eigenvalue weighted by Crippen LogP contribution is -1.85. The van der Waals surface area contributed by atoms with Crippen LogP contribution in [0.25, 0.3) is 0 Å². The molecule has 0 spiro atoms. The molecule has 1 nitrogen and oxygen atoms in total. The Bertz CT molecular complexity index is 270. The molecule has 0 aromatic carbocycles. The lowest BCUT2D eigenvalue weighted by molar-refractivity contribution is 1.10. The lowest BCUT2D eigenvalue weighted by atomic mass is 10.5. The van der Waals surface area contributed by atoms with Crippen molar-refractivity contribution in [2.45, 2.75) is 5.03 Å². The molecule has 1 rings (SSSR count). The van der Waals surface area contributed by atoms with Gasteiger partial charge in [0.25, 0.3) is 0 Å². The largest absolute Gasteiger partial charge is 0.248 e. The van der Waals surface area contributed by atoms with Gasteiger partial charge in [-0.3, -0.25) is 0 Å². The van der Waals surface area contributed by atoms with Crippen molar-refractivity contribution >= 4 is 55.2 Å². The maximum Gasteiger partial charge on any atom is 0.110 e. The van der Waals surface area contributed by atoms with Gasteiger partial charge in [0.1, 0.15) is 5.03 Å². The van der Waals surface area contributed by atoms with Gasteiger partial charge in [0.05, 0.1) is 4.47 Å². The molecule has 0 unspecified atom stereocenters. The summed E-state index contributed by atoms with van der Waals surface area (Å²) < 4.78 is 1.98. The molecular formula is C7H6Br2ClNS. The van der Waals surface area contributed by atoms with Crippen LogP contribution in [-0.2, 0) is 0 Å². The first-order valence-corrected chi connectivity index (χ1v) is 6.34. The molecule has 0 aliphatic rings. The standard InChI is InChI=1S/C7H6Br2ClNS/c8-5-3-6(9)7(11-4-5)12-2-1-10/h3-4H,1-2H2. The normalized spacial score (nSPS) is 10.2. The van der Waals surface area contributed by atoms with Gasteiger partial charge in [-0.25, -0.2) is 4.98 Å². The first-order valence-electron chi connectivity index (χ1n) is 3.24. The summed E-state index contributed by atoms with van der Waals surface area (Å²) in [6, 6.07) is 1.98. The number of hydrogen-bond donors (Lipinski definition) is 0. The Labute approximate surface area is 97.5 Å². The third-order valence-corrected chi connectivity index (χ3v) is 3.81. The first kappa shape index (κ1) is 10.8. The number of nitrogens with zero attached hydrogens (tertiary/aromatic N) is 1. The number of thioether (sulfide) groups is 1. The van der Waals surface area contributed by atoms with E-state index in [1.807, 2.05) is 6.07 Å². The third-order valence-electron chi connectivity index (χ3n) is 1.09. The number of hydrogen-bond acceptors (Lipinski definition) is 2. The quantitative estimate of drug-likeness (QED) is 0.615. The van der Waals surface area contributed by atoms with Crippen LogP contribution in [0.3, 0.4) is 0 Å². The molecule has 0 amide bonds. The van der Waals surface area contributed by atoms with Gasteiger partial charge in [0.15, 0.2) is 0 Å². The summed E-state index contributed by atoms with van der Waals surface area (Å²) in [5.41, 5.74) is 0. The van der Waals surface area contributed by atoms with E-state index in [0.29, 0.717) is 5.88 Å². The van der Waals surface area contributed by atoms with Crippen LogP contribution in [0.15, 0.2) is 26.2 Å². The average molecular weight is 331 g/mol. The van der Waals surface area contributed by atoms with Crippen molar-refractivity contribution in [3.63, 3.8) is 0 Å². The van der Waals surface area contributed by atoms with Crippen molar-refractivity contribution in [2.24, 2.45) is 0 Å². The molecule has 0 saturated carbocycles. The second-order valence-electron chi connectivity index (χ2n) is 1.98. The molecule has 12 heavy (non-hydrogen) atoms. The van der Waals surface area contributed by atoms with Crippen LogP contribution >= 0.6 is 55.2 Å². The van der Waals surface area contributed by atoms with Gasteiger partial charge in [-0.15, -0.1) is 23.4 Å². The van der Waals surface area contributed by atoms with E-state index >= 15 is 0 Å². The van der Waals surface area contributed by atoms with E-state index in [1.54, 1.807) is 18.0 Å². The van der Waals surface area contributed by atoms with E-state index in [9.17, 15) is 0 Å². The van der Waals surface area contributed by atoms with Crippen molar-refractivity contribution in [2.75, 3.05) is 11.6 Å². The van der Waals surface area contributed by atoms with E-state index in [0.717, 1.165) is 19.7 Å². The van der Waals surface area contributed by atoms with E-state index in [1.165, 1.54) is 0 Å². The number of halogens is 3. The molecule has 1 heterocycles. The summed E-state index contributed by atoms with van der Waals surface area (Å²) in [5.74, 6) is 1.53. The summed E-state index contributed by atoms with van der Waals surface area (Å²) in [5, 5.41) is 0.985. The van der Waals surface area contributed by atoms with Gasteiger partial charge in [0.2, 0.25) is 0 Å². The highest BCUT2D eigenvalue weighted by Gasteiger charge is 2.01. The molecule has 0 bridgehead atoms. The Balaban J connectivity index is 2.72. The first-order chi connectivity index (χ1) is 5.74. The van der Waals surface area contributed by atoms with E-state index in [4.69, 9.17) is 11.6 Å². The Morgan fingerprint density at radius 1 is 1.50 bits per heavy atom. The topological polar surface area (TPSA) is 12.9 Å². The van der Waals surface area contributed by atoms with Gasteiger partial charge >= 0.3 is 0 Å². The van der Waals surface area contributed by atoms with Crippen molar-refractivity contribution < 1.29 is 0 Å². The van der Waals surface area contributed by atoms with E-state index in [-0.39, 0.29) is 0 Å². The number of pyridine rings is 1. The van der Waals surface area contributed by atoms with Crippen LogP contribution in [0.5, 0.6) is 0 Å². The molecule has 1 aromatic heterocycles. The summed E-state index contributed by atoms with van der Waals surface area (Å²) >= 11 is 14.0. The molecule has 0 aliphatic heterocycles. The molecule has 5 heteroatoms. The number of alkyl halides is 1. The van der Waals surface area contributed by atoms with Crippen molar-refractivity contribution in [3.05, 3.63) is 21.2 Å². The molecule has 1 aromatic rings. The van der Waals surface area contributed by atoms with Crippen LogP contribution < -0.4 is 0 Å². The fourth-order valence-corrected chi connectivity index (χ4v) is 2.80. The minimum atomic E-state index is 0.648. The van der Waals surface area contributed by atoms with Gasteiger partial charge in [0, 0.05) is 22.3 Å². The molecular weight excluding hydrogens is 325 g/mol. The molecule has 0 N–H and O–H groups in total. The Kier molecular flexibility index (Phi) is 4.94. The second-order valence-corrected chi connectivity index (χ2v) is 5.21. The van der Waals surface area contributed by atoms with Gasteiger partial charge in [-0.2, -0.15) is 0 Å². The zero-order valence-corrected chi connectivity index (χ0v) is 10.8. The molecule has 66 valence electrons. The minimum Gasteiger partial charge on any atom is -0.248 e. The summed E-state index contributed by atoms with van der Waals surface area (Å²) in [7, 11) is 0. The lowest BCUT2D eigenvalue weighted by Gasteiger charge is -2.01. The fourth-order valence-electron chi connectivity index (χ4n) is 0.643. The highest BCUT2D eigenvalue weighted by molar-refractivity contribution is 9.11. The van der Waals surface area contributed by atoms with Crippen LogP contribution in [0.1, 0.15) is 0 Å². The molecule has 0 aliphatic carbocycles. The van der Waals surface area contributed by atoms with Crippen molar-refractivity contribution in [1.29, 1.82) is 0 Å². The highest BCUT2D eigenvalue weighted by Crippen LogP contribution is 2.27. The minimum absolute atomic E-state index is 0.648. The summed E-state index contributed by atoms with van der Waals surface area (Å²) in [4.78, 5) is 4.23. The third kappa shape index (κ3) is 3.24. The molecule has 0 saturated heterocycles. The van der Waals surface area contributed by atoms with E-state index < -0.39 is 0 Å². The predicted molar refractivity (Wildman–Crippen MR) is 61.1 cm³/mol. The van der Waals surface area contributed by atoms with Crippen molar-refractivity contribution in [3.8, 4) is 0 Å². The maximum atomic E-state index is 5.56. The monoisotopic (exact) mass is 329 g/mol. The Morgan fingerprint density at radius 2 is 2.25 bits per heavy atom. The smallest absolute Gasteiger partial charge is 0.110 e. The number of rotatable bonds is 3. The van der Waals surface area contributed by atoms with Crippen LogP contribution in [0, 0.1) is 0 Å².